The minimum absolute atomic E-state index is 0.189. The lowest BCUT2D eigenvalue weighted by Crippen LogP contribution is -2.40. The van der Waals surface area contributed by atoms with Crippen molar-refractivity contribution >= 4 is 28.9 Å². The van der Waals surface area contributed by atoms with Gasteiger partial charge in [0.15, 0.2) is 0 Å². The predicted molar refractivity (Wildman–Crippen MR) is 128 cm³/mol. The Labute approximate surface area is 191 Å². The molecule has 166 valence electrons. The first-order valence-electron chi connectivity index (χ1n) is 11.0. The summed E-state index contributed by atoms with van der Waals surface area (Å²) in [6.07, 6.45) is 5.57. The van der Waals surface area contributed by atoms with E-state index in [9.17, 15) is 14.4 Å². The van der Waals surface area contributed by atoms with Crippen LogP contribution in [0.4, 0.5) is 11.4 Å². The lowest BCUT2D eigenvalue weighted by molar-refractivity contribution is 0.0951. The van der Waals surface area contributed by atoms with Gasteiger partial charge in [-0.3, -0.25) is 14.4 Å². The third-order valence-corrected chi connectivity index (χ3v) is 6.32. The molecule has 0 spiro atoms. The molecular weight excluding hydrogens is 426 g/mol. The van der Waals surface area contributed by atoms with Crippen molar-refractivity contribution in [3.63, 3.8) is 0 Å². The smallest absolute Gasteiger partial charge is 0.253 e. The quantitative estimate of drug-likeness (QED) is 0.446. The average Bonchev–Trinajstić information content (AvgIpc) is 2.83. The van der Waals surface area contributed by atoms with Gasteiger partial charge in [0.05, 0.1) is 0 Å². The Balaban J connectivity index is 1.32. The minimum Gasteiger partial charge on any atom is -0.377 e. The molecule has 0 bridgehead atoms. The second-order valence-corrected chi connectivity index (χ2v) is 8.62. The van der Waals surface area contributed by atoms with Gasteiger partial charge in [0.1, 0.15) is 11.4 Å². The first kappa shape index (κ1) is 22.1. The maximum atomic E-state index is 12.4. The topological polar surface area (TPSA) is 87.3 Å². The zero-order valence-corrected chi connectivity index (χ0v) is 18.5. The van der Waals surface area contributed by atoms with E-state index in [1.807, 2.05) is 30.3 Å². The second-order valence-electron chi connectivity index (χ2n) is 8.21. The summed E-state index contributed by atoms with van der Waals surface area (Å²) in [5.41, 5.74) is 2.16. The number of benzene rings is 2. The molecule has 4 rings (SSSR count). The molecule has 0 aliphatic heterocycles. The van der Waals surface area contributed by atoms with E-state index in [-0.39, 0.29) is 11.9 Å². The first-order valence-corrected chi connectivity index (χ1v) is 11.3. The van der Waals surface area contributed by atoms with E-state index in [2.05, 4.69) is 16.0 Å². The largest absolute Gasteiger partial charge is 0.377 e. The van der Waals surface area contributed by atoms with Gasteiger partial charge in [-0.1, -0.05) is 61.2 Å². The molecule has 0 unspecified atom stereocenters. The van der Waals surface area contributed by atoms with Gasteiger partial charge in [-0.15, -0.1) is 0 Å². The molecule has 1 fully saturated rings. The van der Waals surface area contributed by atoms with Crippen LogP contribution in [0.2, 0.25) is 5.02 Å². The molecule has 0 radical (unpaired) electrons. The Kier molecular flexibility index (Phi) is 6.90. The molecule has 3 N–H and O–H groups in total. The molecule has 32 heavy (non-hydrogen) atoms. The monoisotopic (exact) mass is 451 g/mol. The normalized spacial score (nSPS) is 14.3. The Morgan fingerprint density at radius 1 is 0.875 bits per heavy atom. The number of hydrogen-bond acceptors (Lipinski definition) is 5. The van der Waals surface area contributed by atoms with Crippen molar-refractivity contribution in [2.45, 2.75) is 51.2 Å². The summed E-state index contributed by atoms with van der Waals surface area (Å²) in [6.45, 7) is 0.745. The van der Waals surface area contributed by atoms with Gasteiger partial charge in [-0.25, -0.2) is 0 Å². The lowest BCUT2D eigenvalue weighted by Gasteiger charge is -2.25. The van der Waals surface area contributed by atoms with Gasteiger partial charge in [0.25, 0.3) is 16.8 Å². The molecule has 1 aliphatic carbocycles. The third-order valence-electron chi connectivity index (χ3n) is 5.95. The zero-order valence-electron chi connectivity index (χ0n) is 17.7. The molecule has 6 nitrogen and oxygen atoms in total. The van der Waals surface area contributed by atoms with Gasteiger partial charge >= 0.3 is 0 Å². The summed E-state index contributed by atoms with van der Waals surface area (Å²) in [7, 11) is 0. The summed E-state index contributed by atoms with van der Waals surface area (Å²) < 4.78 is 0. The molecule has 7 heteroatoms. The van der Waals surface area contributed by atoms with Crippen LogP contribution in [0.3, 0.4) is 0 Å². The van der Waals surface area contributed by atoms with Crippen LogP contribution < -0.4 is 26.8 Å². The van der Waals surface area contributed by atoms with Gasteiger partial charge in [0, 0.05) is 29.7 Å². The molecule has 1 amide bonds. The molecule has 3 aromatic rings. The van der Waals surface area contributed by atoms with Crippen LogP contribution in [0, 0.1) is 0 Å². The Hall–Kier alpha value is -3.12. The van der Waals surface area contributed by atoms with Crippen LogP contribution in [-0.2, 0) is 13.1 Å². The molecule has 1 saturated carbocycles. The van der Waals surface area contributed by atoms with Gasteiger partial charge in [-0.05, 0) is 42.2 Å². The van der Waals surface area contributed by atoms with Gasteiger partial charge in [-0.2, -0.15) is 0 Å². The van der Waals surface area contributed by atoms with E-state index in [0.717, 1.165) is 36.8 Å². The highest BCUT2D eigenvalue weighted by Gasteiger charge is 2.24. The van der Waals surface area contributed by atoms with Crippen LogP contribution in [0.25, 0.3) is 0 Å². The van der Waals surface area contributed by atoms with Crippen molar-refractivity contribution < 1.29 is 4.79 Å². The number of nitrogens with one attached hydrogen (secondary N) is 3. The molecule has 0 saturated heterocycles. The standard InChI is InChI=1S/C25H26ClN3O3/c26-20-9-5-4-6-18(20)15-28-25(32)17-12-10-16(11-13-17)14-27-21-22(24(31)23(21)30)29-19-7-2-1-3-8-19/h4-6,9-13,19,27,29H,1-3,7-8,14-15H2,(H,28,32). The van der Waals surface area contributed by atoms with Crippen molar-refractivity contribution in [1.29, 1.82) is 0 Å². The van der Waals surface area contributed by atoms with Crippen LogP contribution >= 0.6 is 11.6 Å². The van der Waals surface area contributed by atoms with Gasteiger partial charge < -0.3 is 16.0 Å². The summed E-state index contributed by atoms with van der Waals surface area (Å²) in [6, 6.07) is 14.8. The van der Waals surface area contributed by atoms with Crippen molar-refractivity contribution in [3.8, 4) is 0 Å². The Morgan fingerprint density at radius 2 is 1.56 bits per heavy atom. The van der Waals surface area contributed by atoms with Crippen molar-refractivity contribution in [2.75, 3.05) is 10.6 Å². The lowest BCUT2D eigenvalue weighted by atomic mass is 9.95. The van der Waals surface area contributed by atoms with Crippen molar-refractivity contribution in [1.82, 2.24) is 5.32 Å². The van der Waals surface area contributed by atoms with E-state index < -0.39 is 10.9 Å². The Bertz CT molecular complexity index is 1160. The maximum Gasteiger partial charge on any atom is 0.253 e. The SMILES string of the molecule is O=C(NCc1ccccc1Cl)c1ccc(CNc2c(NC3CCCCC3)c(=O)c2=O)cc1. The number of amides is 1. The van der Waals surface area contributed by atoms with E-state index >= 15 is 0 Å². The van der Waals surface area contributed by atoms with E-state index in [4.69, 9.17) is 11.6 Å². The summed E-state index contributed by atoms with van der Waals surface area (Å²) in [4.78, 5) is 36.4. The number of rotatable bonds is 8. The maximum absolute atomic E-state index is 12.4. The Morgan fingerprint density at radius 3 is 2.28 bits per heavy atom. The van der Waals surface area contributed by atoms with E-state index in [1.54, 1.807) is 18.2 Å². The molecule has 0 atom stereocenters. The average molecular weight is 452 g/mol. The number of carbonyl (C=O) groups excluding carboxylic acids is 1. The molecule has 0 heterocycles. The summed E-state index contributed by atoms with van der Waals surface area (Å²) in [5, 5.41) is 9.83. The fourth-order valence-corrected chi connectivity index (χ4v) is 4.24. The van der Waals surface area contributed by atoms with Crippen LogP contribution in [-0.4, -0.2) is 11.9 Å². The molecule has 1 aliphatic rings. The zero-order chi connectivity index (χ0) is 22.5. The van der Waals surface area contributed by atoms with Crippen molar-refractivity contribution in [3.05, 3.63) is 90.7 Å². The molecule has 0 aromatic heterocycles. The van der Waals surface area contributed by atoms with Crippen LogP contribution in [0.15, 0.2) is 58.1 Å². The third kappa shape index (κ3) is 5.02. The van der Waals surface area contributed by atoms with Gasteiger partial charge in [0.2, 0.25) is 0 Å². The highest BCUT2D eigenvalue weighted by atomic mass is 35.5. The molecular formula is C25H26ClN3O3. The predicted octanol–water partition coefficient (Wildman–Crippen LogP) is 4.22. The summed E-state index contributed by atoms with van der Waals surface area (Å²) >= 11 is 6.12. The van der Waals surface area contributed by atoms with E-state index in [0.29, 0.717) is 35.1 Å². The second kappa shape index (κ2) is 10.0. The molecule has 3 aromatic carbocycles. The number of halogens is 1. The number of anilines is 2. The number of carbonyl (C=O) groups is 1. The highest BCUT2D eigenvalue weighted by Crippen LogP contribution is 2.24. The van der Waals surface area contributed by atoms with Crippen molar-refractivity contribution in [2.24, 2.45) is 0 Å². The highest BCUT2D eigenvalue weighted by molar-refractivity contribution is 6.31. The first-order chi connectivity index (χ1) is 15.5. The van der Waals surface area contributed by atoms with E-state index in [1.165, 1.54) is 6.42 Å². The number of hydrogen-bond donors (Lipinski definition) is 3. The van der Waals surface area contributed by atoms with Crippen LogP contribution in [0.5, 0.6) is 0 Å². The fraction of sp³-hybridized carbons (Fsp3) is 0.320. The minimum atomic E-state index is -0.473. The summed E-state index contributed by atoms with van der Waals surface area (Å²) in [5.74, 6) is -0.189. The van der Waals surface area contributed by atoms with Crippen LogP contribution in [0.1, 0.15) is 53.6 Å². The fourth-order valence-electron chi connectivity index (χ4n) is 4.03.